The van der Waals surface area contributed by atoms with Gasteiger partial charge in [-0.2, -0.15) is 0 Å². The molecule has 3 aromatic rings. The number of quaternary nitrogens is 1. The van der Waals surface area contributed by atoms with E-state index in [1.54, 1.807) is 23.5 Å². The first-order valence-corrected chi connectivity index (χ1v) is 13.8. The second-order valence-corrected chi connectivity index (χ2v) is 11.5. The number of carbonyl (C=O) groups is 1. The predicted molar refractivity (Wildman–Crippen MR) is 131 cm³/mol. The zero-order valence-corrected chi connectivity index (χ0v) is 20.7. The highest BCUT2D eigenvalue weighted by molar-refractivity contribution is 7.92. The van der Waals surface area contributed by atoms with Crippen LogP contribution in [0.3, 0.4) is 0 Å². The maximum absolute atomic E-state index is 13.3. The fraction of sp³-hybridized carbons (Fsp3) is 0.435. The van der Waals surface area contributed by atoms with Crippen LogP contribution in [-0.2, 0) is 38.9 Å². The van der Waals surface area contributed by atoms with Gasteiger partial charge in [0.05, 0.1) is 23.5 Å². The van der Waals surface area contributed by atoms with E-state index < -0.39 is 10.0 Å². The van der Waals surface area contributed by atoms with Crippen LogP contribution in [0.5, 0.6) is 0 Å². The summed E-state index contributed by atoms with van der Waals surface area (Å²) in [5, 5.41) is 3.48. The number of aryl methyl sites for hydroxylation is 2. The first-order valence-electron chi connectivity index (χ1n) is 11.5. The number of morpholine rings is 1. The zero-order chi connectivity index (χ0) is 23.7. The average Bonchev–Trinajstić information content (AvgIpc) is 3.18. The Morgan fingerprint density at radius 1 is 1.12 bits per heavy atom. The molecule has 1 aromatic carbocycles. The van der Waals surface area contributed by atoms with Crippen LogP contribution in [-0.4, -0.2) is 50.6 Å². The minimum atomic E-state index is -3.88. The molecule has 34 heavy (non-hydrogen) atoms. The number of amides is 1. The van der Waals surface area contributed by atoms with E-state index in [9.17, 15) is 13.2 Å². The molecule has 0 unspecified atom stereocenters. The zero-order valence-electron chi connectivity index (χ0n) is 19.0. The minimum absolute atomic E-state index is 0.109. The van der Waals surface area contributed by atoms with Gasteiger partial charge in [-0.25, -0.2) is 18.4 Å². The highest BCUT2D eigenvalue weighted by atomic mass is 32.2. The molecule has 1 aliphatic carbocycles. The van der Waals surface area contributed by atoms with Crippen LogP contribution in [0.2, 0.25) is 0 Å². The van der Waals surface area contributed by atoms with E-state index in [2.05, 4.69) is 10.0 Å². The van der Waals surface area contributed by atoms with Crippen molar-refractivity contribution in [1.29, 1.82) is 0 Å². The average molecular weight is 503 g/mol. The summed E-state index contributed by atoms with van der Waals surface area (Å²) < 4.78 is 34.8. The predicted octanol–water partition coefficient (Wildman–Crippen LogP) is 1.74. The summed E-state index contributed by atoms with van der Waals surface area (Å²) in [5.74, 6) is 0.786. The molecular formula is C23H28N5O4S2+. The number of hydrogen-bond acceptors (Lipinski definition) is 7. The molecule has 1 fully saturated rings. The van der Waals surface area contributed by atoms with Gasteiger partial charge in [0.25, 0.3) is 10.0 Å². The second kappa shape index (κ2) is 9.57. The van der Waals surface area contributed by atoms with Gasteiger partial charge in [0, 0.05) is 17.5 Å². The highest BCUT2D eigenvalue weighted by Gasteiger charge is 2.26. The quantitative estimate of drug-likeness (QED) is 0.473. The van der Waals surface area contributed by atoms with Crippen molar-refractivity contribution in [1.82, 2.24) is 9.97 Å². The number of fused-ring (bicyclic) bond motifs is 3. The van der Waals surface area contributed by atoms with Crippen molar-refractivity contribution in [3.05, 3.63) is 40.5 Å². The van der Waals surface area contributed by atoms with Crippen molar-refractivity contribution in [3.8, 4) is 0 Å². The van der Waals surface area contributed by atoms with E-state index in [0.717, 1.165) is 49.0 Å². The van der Waals surface area contributed by atoms with Crippen molar-refractivity contribution in [3.63, 3.8) is 0 Å². The molecular weight excluding hydrogens is 474 g/mol. The molecule has 5 rings (SSSR count). The molecule has 180 valence electrons. The Morgan fingerprint density at radius 3 is 2.59 bits per heavy atom. The van der Waals surface area contributed by atoms with Crippen LogP contribution in [0.25, 0.3) is 10.2 Å². The van der Waals surface area contributed by atoms with E-state index in [0.29, 0.717) is 37.1 Å². The summed E-state index contributed by atoms with van der Waals surface area (Å²) in [6.45, 7) is 5.21. The summed E-state index contributed by atoms with van der Waals surface area (Å²) in [6, 6.07) is 6.11. The molecule has 0 radical (unpaired) electrons. The summed E-state index contributed by atoms with van der Waals surface area (Å²) in [6.07, 6.45) is 4.12. The van der Waals surface area contributed by atoms with Gasteiger partial charge in [-0.1, -0.05) is 0 Å². The topological polar surface area (TPSA) is 115 Å². The summed E-state index contributed by atoms with van der Waals surface area (Å²) in [5.41, 5.74) is 1.72. The number of benzene rings is 1. The second-order valence-electron chi connectivity index (χ2n) is 8.73. The number of aromatic nitrogens is 2. The summed E-state index contributed by atoms with van der Waals surface area (Å²) >= 11 is 1.66. The maximum atomic E-state index is 13.3. The molecule has 9 nitrogen and oxygen atoms in total. The van der Waals surface area contributed by atoms with Crippen molar-refractivity contribution in [2.45, 2.75) is 44.0 Å². The molecule has 1 aliphatic heterocycles. The molecule has 3 N–H and O–H groups in total. The lowest BCUT2D eigenvalue weighted by molar-refractivity contribution is -0.922. The summed E-state index contributed by atoms with van der Waals surface area (Å²) in [4.78, 5) is 24.4. The third-order valence-electron chi connectivity index (χ3n) is 6.19. The van der Waals surface area contributed by atoms with E-state index in [4.69, 9.17) is 14.7 Å². The van der Waals surface area contributed by atoms with Crippen molar-refractivity contribution >= 4 is 49.0 Å². The Balaban J connectivity index is 1.51. The first kappa shape index (κ1) is 23.2. The monoisotopic (exact) mass is 502 g/mol. The number of thiophene rings is 1. The lowest BCUT2D eigenvalue weighted by atomic mass is 9.97. The molecule has 11 heteroatoms. The number of ether oxygens (including phenoxy) is 1. The van der Waals surface area contributed by atoms with Crippen molar-refractivity contribution in [2.75, 3.05) is 36.3 Å². The number of hydrogen-bond donors (Lipinski definition) is 3. The standard InChI is InChI=1S/C23H27N5O4S2/c1-15(29)24-16-6-8-17(9-7-16)34(30,31)27-22-21-18-4-2-3-5-19(18)33-23(21)26-20(25-22)14-28-10-12-32-13-11-28/h6-9H,2-5,10-14H2,1H3,(H,24,29)(H,25,26,27)/p+1. The lowest BCUT2D eigenvalue weighted by Gasteiger charge is -2.23. The molecule has 2 aromatic heterocycles. The SMILES string of the molecule is CC(=O)Nc1ccc(S(=O)(=O)Nc2nc(C[NH+]3CCOCC3)nc3sc4c(c23)CCCC4)cc1. The Morgan fingerprint density at radius 2 is 1.85 bits per heavy atom. The van der Waals surface area contributed by atoms with Crippen LogP contribution in [0, 0.1) is 0 Å². The van der Waals surface area contributed by atoms with Gasteiger partial charge in [-0.15, -0.1) is 11.3 Å². The number of carbonyl (C=O) groups excluding carboxylic acids is 1. The minimum Gasteiger partial charge on any atom is -0.370 e. The molecule has 3 heterocycles. The molecule has 0 spiro atoms. The summed E-state index contributed by atoms with van der Waals surface area (Å²) in [7, 11) is -3.88. The van der Waals surface area contributed by atoms with Gasteiger partial charge in [0.2, 0.25) is 5.91 Å². The van der Waals surface area contributed by atoms with Crippen LogP contribution < -0.4 is 14.9 Å². The molecule has 0 atom stereocenters. The molecule has 0 saturated carbocycles. The molecule has 0 bridgehead atoms. The van der Waals surface area contributed by atoms with Crippen LogP contribution >= 0.6 is 11.3 Å². The number of sulfonamides is 1. The van der Waals surface area contributed by atoms with Gasteiger partial charge >= 0.3 is 0 Å². The normalized spacial score (nSPS) is 16.9. The van der Waals surface area contributed by atoms with Gasteiger partial charge in [-0.05, 0) is 55.5 Å². The molecule has 2 aliphatic rings. The van der Waals surface area contributed by atoms with Gasteiger partial charge in [-0.3, -0.25) is 9.52 Å². The smallest absolute Gasteiger partial charge is 0.263 e. The van der Waals surface area contributed by atoms with Crippen LogP contribution in [0.4, 0.5) is 11.5 Å². The molecule has 1 amide bonds. The lowest BCUT2D eigenvalue weighted by Crippen LogP contribution is -3.12. The van der Waals surface area contributed by atoms with Gasteiger partial charge < -0.3 is 15.0 Å². The van der Waals surface area contributed by atoms with Gasteiger partial charge in [0.1, 0.15) is 24.5 Å². The Bertz CT molecular complexity index is 1320. The number of nitrogens with one attached hydrogen (secondary N) is 3. The van der Waals surface area contributed by atoms with E-state index in [1.165, 1.54) is 34.4 Å². The number of anilines is 2. The number of nitrogens with zero attached hydrogens (tertiary/aromatic N) is 2. The van der Waals surface area contributed by atoms with Crippen molar-refractivity contribution in [2.24, 2.45) is 0 Å². The van der Waals surface area contributed by atoms with E-state index in [1.807, 2.05) is 0 Å². The Hall–Kier alpha value is -2.60. The fourth-order valence-electron chi connectivity index (χ4n) is 4.52. The van der Waals surface area contributed by atoms with Crippen LogP contribution in [0.1, 0.15) is 36.0 Å². The largest absolute Gasteiger partial charge is 0.370 e. The van der Waals surface area contributed by atoms with Crippen LogP contribution in [0.15, 0.2) is 29.2 Å². The van der Waals surface area contributed by atoms with Gasteiger partial charge in [0.15, 0.2) is 11.6 Å². The third-order valence-corrected chi connectivity index (χ3v) is 8.73. The van der Waals surface area contributed by atoms with E-state index in [-0.39, 0.29) is 10.8 Å². The van der Waals surface area contributed by atoms with Crippen molar-refractivity contribution < 1.29 is 22.8 Å². The number of rotatable bonds is 6. The highest BCUT2D eigenvalue weighted by Crippen LogP contribution is 2.39. The Labute approximate surface area is 202 Å². The third kappa shape index (κ3) is 4.92. The Kier molecular flexibility index (Phi) is 6.52. The fourth-order valence-corrected chi connectivity index (χ4v) is 6.82. The first-order chi connectivity index (χ1) is 16.4. The maximum Gasteiger partial charge on any atom is 0.263 e. The molecule has 1 saturated heterocycles. The van der Waals surface area contributed by atoms with E-state index >= 15 is 0 Å².